The molecule has 0 saturated heterocycles. The van der Waals surface area contributed by atoms with Crippen LogP contribution in [0.1, 0.15) is 24.3 Å². The van der Waals surface area contributed by atoms with Gasteiger partial charge < -0.3 is 5.73 Å². The second-order valence-corrected chi connectivity index (χ2v) is 4.47. The van der Waals surface area contributed by atoms with Crippen LogP contribution in [-0.4, -0.2) is 9.78 Å². The van der Waals surface area contributed by atoms with E-state index in [9.17, 15) is 0 Å². The highest BCUT2D eigenvalue weighted by molar-refractivity contribution is 5.73. The van der Waals surface area contributed by atoms with Gasteiger partial charge in [-0.1, -0.05) is 18.2 Å². The van der Waals surface area contributed by atoms with Crippen LogP contribution in [-0.2, 0) is 7.05 Å². The number of aryl methyl sites for hydroxylation is 1. The second kappa shape index (κ2) is 3.37. The molecule has 0 amide bonds. The van der Waals surface area contributed by atoms with Crippen molar-refractivity contribution >= 4 is 5.69 Å². The molecule has 0 spiro atoms. The third-order valence-corrected chi connectivity index (χ3v) is 3.18. The Morgan fingerprint density at radius 1 is 1.38 bits per heavy atom. The van der Waals surface area contributed by atoms with Crippen LogP contribution < -0.4 is 5.73 Å². The number of nitrogens with two attached hydrogens (primary N) is 1. The maximum absolute atomic E-state index is 5.93. The lowest BCUT2D eigenvalue weighted by atomic mass is 10.0. The number of nitrogen functional groups attached to an aromatic ring is 1. The van der Waals surface area contributed by atoms with E-state index in [4.69, 9.17) is 5.73 Å². The molecule has 2 N–H and O–H groups in total. The van der Waals surface area contributed by atoms with E-state index < -0.39 is 0 Å². The van der Waals surface area contributed by atoms with E-state index in [-0.39, 0.29) is 0 Å². The summed E-state index contributed by atoms with van der Waals surface area (Å²) in [5.41, 5.74) is 10.3. The lowest BCUT2D eigenvalue weighted by Crippen LogP contribution is -1.96. The van der Waals surface area contributed by atoms with Crippen molar-refractivity contribution < 1.29 is 0 Å². The smallest absolute Gasteiger partial charge is 0.0908 e. The summed E-state index contributed by atoms with van der Waals surface area (Å²) in [4.78, 5) is 0. The molecule has 1 fully saturated rings. The predicted octanol–water partition coefficient (Wildman–Crippen LogP) is 2.55. The van der Waals surface area contributed by atoms with Gasteiger partial charge in [0.05, 0.1) is 17.6 Å². The Kier molecular flexibility index (Phi) is 1.99. The minimum atomic E-state index is 0.746. The first-order valence-electron chi connectivity index (χ1n) is 5.63. The number of anilines is 1. The average Bonchev–Trinajstić information content (AvgIpc) is 3.07. The lowest BCUT2D eigenvalue weighted by molar-refractivity contribution is 0.776. The number of nitrogens with zero attached hydrogens (tertiary/aromatic N) is 2. The van der Waals surface area contributed by atoms with Gasteiger partial charge in [0.1, 0.15) is 0 Å². The Labute approximate surface area is 94.9 Å². The van der Waals surface area contributed by atoms with Crippen LogP contribution in [0, 0.1) is 0 Å². The highest BCUT2D eigenvalue weighted by atomic mass is 15.3. The van der Waals surface area contributed by atoms with Crippen LogP contribution in [0.4, 0.5) is 5.69 Å². The van der Waals surface area contributed by atoms with Gasteiger partial charge in [-0.15, -0.1) is 0 Å². The highest BCUT2D eigenvalue weighted by Crippen LogP contribution is 2.41. The molecule has 1 heterocycles. The molecule has 0 atom stereocenters. The van der Waals surface area contributed by atoms with Gasteiger partial charge in [-0.3, -0.25) is 4.68 Å². The molecule has 1 saturated carbocycles. The van der Waals surface area contributed by atoms with Gasteiger partial charge in [0.2, 0.25) is 0 Å². The molecule has 1 aliphatic rings. The molecule has 3 rings (SSSR count). The zero-order chi connectivity index (χ0) is 11.1. The summed E-state index contributed by atoms with van der Waals surface area (Å²) in [6.45, 7) is 0. The molecule has 0 unspecified atom stereocenters. The minimum absolute atomic E-state index is 0.746. The van der Waals surface area contributed by atoms with Crippen molar-refractivity contribution in [2.45, 2.75) is 18.8 Å². The number of hydrogen-bond acceptors (Lipinski definition) is 2. The van der Waals surface area contributed by atoms with Gasteiger partial charge in [0, 0.05) is 12.6 Å². The van der Waals surface area contributed by atoms with Gasteiger partial charge in [-0.2, -0.15) is 5.10 Å². The number of aromatic nitrogens is 2. The summed E-state index contributed by atoms with van der Waals surface area (Å²) in [6.07, 6.45) is 4.35. The highest BCUT2D eigenvalue weighted by Gasteiger charge is 2.23. The monoisotopic (exact) mass is 213 g/mol. The van der Waals surface area contributed by atoms with Crippen molar-refractivity contribution in [3.8, 4) is 11.3 Å². The van der Waals surface area contributed by atoms with E-state index in [0.29, 0.717) is 0 Å². The first-order valence-corrected chi connectivity index (χ1v) is 5.63. The van der Waals surface area contributed by atoms with Crippen molar-refractivity contribution in [2.24, 2.45) is 7.05 Å². The largest absolute Gasteiger partial charge is 0.396 e. The third-order valence-electron chi connectivity index (χ3n) is 3.18. The van der Waals surface area contributed by atoms with Crippen molar-refractivity contribution in [3.05, 3.63) is 36.0 Å². The average molecular weight is 213 g/mol. The molecule has 16 heavy (non-hydrogen) atoms. The summed E-state index contributed by atoms with van der Waals surface area (Å²) in [5, 5.41) is 4.17. The molecule has 0 aliphatic heterocycles. The Hall–Kier alpha value is -1.77. The molecular weight excluding hydrogens is 198 g/mol. The number of benzene rings is 1. The fourth-order valence-corrected chi connectivity index (χ4v) is 2.16. The number of rotatable bonds is 2. The Bertz CT molecular complexity index is 504. The van der Waals surface area contributed by atoms with Gasteiger partial charge in [0.25, 0.3) is 0 Å². The molecule has 0 bridgehead atoms. The quantitative estimate of drug-likeness (QED) is 0.833. The van der Waals surface area contributed by atoms with Crippen LogP contribution in [0.15, 0.2) is 30.5 Å². The predicted molar refractivity (Wildman–Crippen MR) is 65.0 cm³/mol. The van der Waals surface area contributed by atoms with E-state index in [2.05, 4.69) is 29.4 Å². The van der Waals surface area contributed by atoms with Crippen molar-refractivity contribution in [1.82, 2.24) is 9.78 Å². The molecule has 82 valence electrons. The SMILES string of the molecule is Cn1ncc(N)c1-c1cccc(C2CC2)c1. The Balaban J connectivity index is 2.08. The summed E-state index contributed by atoms with van der Waals surface area (Å²) < 4.78 is 1.83. The topological polar surface area (TPSA) is 43.8 Å². The van der Waals surface area contributed by atoms with Crippen LogP contribution in [0.3, 0.4) is 0 Å². The lowest BCUT2D eigenvalue weighted by Gasteiger charge is -2.06. The van der Waals surface area contributed by atoms with E-state index in [1.165, 1.54) is 24.0 Å². The van der Waals surface area contributed by atoms with E-state index in [0.717, 1.165) is 17.3 Å². The molecule has 3 nitrogen and oxygen atoms in total. The molecule has 2 aromatic rings. The van der Waals surface area contributed by atoms with Crippen LogP contribution in [0.5, 0.6) is 0 Å². The zero-order valence-electron chi connectivity index (χ0n) is 9.35. The van der Waals surface area contributed by atoms with Gasteiger partial charge in [0.15, 0.2) is 0 Å². The molecular formula is C13H15N3. The van der Waals surface area contributed by atoms with E-state index in [1.807, 2.05) is 11.7 Å². The Morgan fingerprint density at radius 3 is 2.81 bits per heavy atom. The first kappa shape index (κ1) is 9.46. The first-order chi connectivity index (χ1) is 7.75. The van der Waals surface area contributed by atoms with Crippen molar-refractivity contribution in [2.75, 3.05) is 5.73 Å². The molecule has 1 aliphatic carbocycles. The van der Waals surface area contributed by atoms with Crippen molar-refractivity contribution in [3.63, 3.8) is 0 Å². The summed E-state index contributed by atoms with van der Waals surface area (Å²) in [6, 6.07) is 8.65. The van der Waals surface area contributed by atoms with Crippen LogP contribution in [0.25, 0.3) is 11.3 Å². The standard InChI is InChI=1S/C13H15N3/c1-16-13(12(14)8-15-16)11-4-2-3-10(7-11)9-5-6-9/h2-4,7-9H,5-6,14H2,1H3. The molecule has 1 aromatic heterocycles. The number of hydrogen-bond donors (Lipinski definition) is 1. The minimum Gasteiger partial charge on any atom is -0.396 e. The normalized spacial score (nSPS) is 15.3. The molecule has 0 radical (unpaired) electrons. The maximum Gasteiger partial charge on any atom is 0.0908 e. The Morgan fingerprint density at radius 2 is 2.19 bits per heavy atom. The molecule has 1 aromatic carbocycles. The molecule has 3 heteroatoms. The van der Waals surface area contributed by atoms with E-state index >= 15 is 0 Å². The summed E-state index contributed by atoms with van der Waals surface area (Å²) in [7, 11) is 1.93. The van der Waals surface area contributed by atoms with Gasteiger partial charge >= 0.3 is 0 Å². The van der Waals surface area contributed by atoms with E-state index in [1.54, 1.807) is 6.20 Å². The summed E-state index contributed by atoms with van der Waals surface area (Å²) >= 11 is 0. The summed E-state index contributed by atoms with van der Waals surface area (Å²) in [5.74, 6) is 0.773. The fourth-order valence-electron chi connectivity index (χ4n) is 2.16. The third kappa shape index (κ3) is 1.48. The second-order valence-electron chi connectivity index (χ2n) is 4.47. The van der Waals surface area contributed by atoms with Crippen LogP contribution in [0.2, 0.25) is 0 Å². The fraction of sp³-hybridized carbons (Fsp3) is 0.308. The van der Waals surface area contributed by atoms with Gasteiger partial charge in [-0.05, 0) is 30.4 Å². The zero-order valence-corrected chi connectivity index (χ0v) is 9.35. The van der Waals surface area contributed by atoms with Crippen LogP contribution >= 0.6 is 0 Å². The maximum atomic E-state index is 5.93. The van der Waals surface area contributed by atoms with Gasteiger partial charge in [-0.25, -0.2) is 0 Å². The van der Waals surface area contributed by atoms with Crippen molar-refractivity contribution in [1.29, 1.82) is 0 Å².